The number of methoxy groups -OCH3 is 1. The fraction of sp³-hybridized carbons (Fsp3) is 1.00. The van der Waals surface area contributed by atoms with Gasteiger partial charge in [-0.1, -0.05) is 13.3 Å². The van der Waals surface area contributed by atoms with Crippen LogP contribution in [-0.4, -0.2) is 34.4 Å². The van der Waals surface area contributed by atoms with Crippen molar-refractivity contribution in [2.75, 3.05) is 20.0 Å². The zero-order valence-corrected chi connectivity index (χ0v) is 8.65. The van der Waals surface area contributed by atoms with Crippen molar-refractivity contribution in [2.24, 2.45) is 0 Å². The van der Waals surface area contributed by atoms with Crippen LogP contribution in [0.5, 0.6) is 0 Å². The van der Waals surface area contributed by atoms with Gasteiger partial charge >= 0.3 is 0 Å². The van der Waals surface area contributed by atoms with Crippen molar-refractivity contribution in [3.63, 3.8) is 0 Å². The van der Waals surface area contributed by atoms with Gasteiger partial charge in [0.1, 0.15) is 0 Å². The second-order valence-electron chi connectivity index (χ2n) is 2.83. The summed E-state index contributed by atoms with van der Waals surface area (Å²) in [7, 11) is -1.54. The van der Waals surface area contributed by atoms with Gasteiger partial charge in [-0.2, -0.15) is 0 Å². The molecule has 0 aromatic carbocycles. The second kappa shape index (κ2) is 5.50. The number of rotatable bonds is 6. The molecule has 0 heterocycles. The van der Waals surface area contributed by atoms with Gasteiger partial charge in [-0.05, 0) is 6.42 Å². The third kappa shape index (κ3) is 6.57. The van der Waals surface area contributed by atoms with Crippen LogP contribution in [0.25, 0.3) is 0 Å². The van der Waals surface area contributed by atoms with Gasteiger partial charge in [-0.25, -0.2) is 13.1 Å². The molecule has 5 heteroatoms. The quantitative estimate of drug-likeness (QED) is 0.665. The van der Waals surface area contributed by atoms with Crippen molar-refractivity contribution >= 4 is 10.0 Å². The maximum absolute atomic E-state index is 10.8. The monoisotopic (exact) mass is 195 g/mol. The van der Waals surface area contributed by atoms with E-state index in [-0.39, 0.29) is 6.04 Å². The first-order valence-electron chi connectivity index (χ1n) is 3.95. The Labute approximate surface area is 74.4 Å². The lowest BCUT2D eigenvalue weighted by atomic mass is 10.2. The first kappa shape index (κ1) is 11.9. The standard InChI is InChI=1S/C7H17NO3S/c1-4-5-7(6-11-2)8-12(3,9)10/h7-8H,4-6H2,1-3H3. The summed E-state index contributed by atoms with van der Waals surface area (Å²) in [5.74, 6) is 0. The Morgan fingerprint density at radius 2 is 2.08 bits per heavy atom. The van der Waals surface area contributed by atoms with Crippen molar-refractivity contribution in [3.05, 3.63) is 0 Å². The van der Waals surface area contributed by atoms with Gasteiger partial charge in [0.15, 0.2) is 0 Å². The molecule has 1 unspecified atom stereocenters. The number of ether oxygens (including phenoxy) is 1. The Balaban J connectivity index is 3.95. The molecule has 0 rings (SSSR count). The number of hydrogen-bond donors (Lipinski definition) is 1. The van der Waals surface area contributed by atoms with Crippen LogP contribution >= 0.6 is 0 Å². The van der Waals surface area contributed by atoms with Gasteiger partial charge < -0.3 is 4.74 Å². The van der Waals surface area contributed by atoms with E-state index < -0.39 is 10.0 Å². The molecule has 0 bridgehead atoms. The van der Waals surface area contributed by atoms with Crippen LogP contribution in [-0.2, 0) is 14.8 Å². The fourth-order valence-corrected chi connectivity index (χ4v) is 1.82. The molecule has 0 fully saturated rings. The molecule has 0 aliphatic heterocycles. The largest absolute Gasteiger partial charge is 0.383 e. The summed E-state index contributed by atoms with van der Waals surface area (Å²) in [4.78, 5) is 0. The van der Waals surface area contributed by atoms with Crippen LogP contribution in [0.4, 0.5) is 0 Å². The summed E-state index contributed by atoms with van der Waals surface area (Å²) in [6.45, 7) is 2.44. The molecule has 0 aromatic rings. The van der Waals surface area contributed by atoms with E-state index in [9.17, 15) is 8.42 Å². The van der Waals surface area contributed by atoms with Crippen LogP contribution in [0, 0.1) is 0 Å². The molecule has 0 aliphatic rings. The van der Waals surface area contributed by atoms with Gasteiger partial charge in [0, 0.05) is 13.2 Å². The van der Waals surface area contributed by atoms with Gasteiger partial charge in [-0.3, -0.25) is 0 Å². The van der Waals surface area contributed by atoms with Crippen molar-refractivity contribution in [1.82, 2.24) is 4.72 Å². The summed E-state index contributed by atoms with van der Waals surface area (Å²) >= 11 is 0. The van der Waals surface area contributed by atoms with Crippen LogP contribution in [0.3, 0.4) is 0 Å². The maximum Gasteiger partial charge on any atom is 0.209 e. The molecule has 0 radical (unpaired) electrons. The summed E-state index contributed by atoms with van der Waals surface area (Å²) in [5.41, 5.74) is 0. The molecule has 0 amide bonds. The Kier molecular flexibility index (Phi) is 5.44. The van der Waals surface area contributed by atoms with E-state index in [0.29, 0.717) is 6.61 Å². The zero-order chi connectivity index (χ0) is 9.61. The van der Waals surface area contributed by atoms with Crippen LogP contribution in [0.2, 0.25) is 0 Å². The predicted molar refractivity (Wildman–Crippen MR) is 48.6 cm³/mol. The molecule has 1 N–H and O–H groups in total. The first-order valence-corrected chi connectivity index (χ1v) is 5.85. The topological polar surface area (TPSA) is 55.4 Å². The minimum atomic E-state index is -3.10. The highest BCUT2D eigenvalue weighted by atomic mass is 32.2. The lowest BCUT2D eigenvalue weighted by Gasteiger charge is -2.14. The Bertz CT molecular complexity index is 195. The summed E-state index contributed by atoms with van der Waals surface area (Å²) in [6, 6.07) is -0.0880. The average molecular weight is 195 g/mol. The SMILES string of the molecule is CCCC(COC)NS(C)(=O)=O. The average Bonchev–Trinajstić information content (AvgIpc) is 1.84. The minimum absolute atomic E-state index is 0.0880. The number of sulfonamides is 1. The molecule has 0 saturated heterocycles. The second-order valence-corrected chi connectivity index (χ2v) is 4.61. The maximum atomic E-state index is 10.8. The number of nitrogens with one attached hydrogen (secondary N) is 1. The normalized spacial score (nSPS) is 14.6. The summed E-state index contributed by atoms with van der Waals surface area (Å²) < 4.78 is 29.0. The Morgan fingerprint density at radius 1 is 1.50 bits per heavy atom. The van der Waals surface area contributed by atoms with Gasteiger partial charge in [0.05, 0.1) is 12.9 Å². The Morgan fingerprint density at radius 3 is 2.42 bits per heavy atom. The third-order valence-corrected chi connectivity index (χ3v) is 2.15. The molecule has 74 valence electrons. The van der Waals surface area contributed by atoms with Crippen molar-refractivity contribution in [1.29, 1.82) is 0 Å². The smallest absolute Gasteiger partial charge is 0.209 e. The van der Waals surface area contributed by atoms with E-state index in [0.717, 1.165) is 19.1 Å². The first-order chi connectivity index (χ1) is 5.49. The lowest BCUT2D eigenvalue weighted by Crippen LogP contribution is -2.37. The van der Waals surface area contributed by atoms with E-state index in [1.54, 1.807) is 7.11 Å². The number of hydrogen-bond acceptors (Lipinski definition) is 3. The van der Waals surface area contributed by atoms with E-state index in [4.69, 9.17) is 4.74 Å². The molecule has 0 spiro atoms. The molecular formula is C7H17NO3S. The molecular weight excluding hydrogens is 178 g/mol. The highest BCUT2D eigenvalue weighted by Crippen LogP contribution is 1.98. The molecule has 0 saturated carbocycles. The molecule has 4 nitrogen and oxygen atoms in total. The summed E-state index contributed by atoms with van der Waals surface area (Å²) in [6.07, 6.45) is 2.91. The van der Waals surface area contributed by atoms with E-state index in [1.807, 2.05) is 6.92 Å². The molecule has 1 atom stereocenters. The van der Waals surface area contributed by atoms with Crippen LogP contribution in [0.1, 0.15) is 19.8 Å². The summed E-state index contributed by atoms with van der Waals surface area (Å²) in [5, 5.41) is 0. The molecule has 0 aliphatic carbocycles. The zero-order valence-electron chi connectivity index (χ0n) is 7.83. The van der Waals surface area contributed by atoms with Crippen LogP contribution in [0.15, 0.2) is 0 Å². The van der Waals surface area contributed by atoms with E-state index >= 15 is 0 Å². The molecule has 12 heavy (non-hydrogen) atoms. The van der Waals surface area contributed by atoms with Crippen molar-refractivity contribution < 1.29 is 13.2 Å². The van der Waals surface area contributed by atoms with E-state index in [1.165, 1.54) is 0 Å². The van der Waals surface area contributed by atoms with E-state index in [2.05, 4.69) is 4.72 Å². The van der Waals surface area contributed by atoms with Crippen LogP contribution < -0.4 is 4.72 Å². The molecule has 0 aromatic heterocycles. The van der Waals surface area contributed by atoms with Crippen molar-refractivity contribution in [2.45, 2.75) is 25.8 Å². The fourth-order valence-electron chi connectivity index (χ4n) is 1.03. The third-order valence-electron chi connectivity index (χ3n) is 1.39. The Hall–Kier alpha value is -0.130. The lowest BCUT2D eigenvalue weighted by molar-refractivity contribution is 0.171. The van der Waals surface area contributed by atoms with Gasteiger partial charge in [0.2, 0.25) is 10.0 Å². The van der Waals surface area contributed by atoms with Gasteiger partial charge in [0.25, 0.3) is 0 Å². The highest BCUT2D eigenvalue weighted by molar-refractivity contribution is 7.88. The predicted octanol–water partition coefficient (Wildman–Crippen LogP) is 0.351. The van der Waals surface area contributed by atoms with Crippen molar-refractivity contribution in [3.8, 4) is 0 Å². The van der Waals surface area contributed by atoms with Gasteiger partial charge in [-0.15, -0.1) is 0 Å². The minimum Gasteiger partial charge on any atom is -0.383 e. The highest BCUT2D eigenvalue weighted by Gasteiger charge is 2.11.